The van der Waals surface area contributed by atoms with Crippen LogP contribution >= 0.6 is 0 Å². The molecule has 0 bridgehead atoms. The van der Waals surface area contributed by atoms with Crippen LogP contribution in [-0.2, 0) is 19.0 Å². The molecule has 1 aromatic carbocycles. The van der Waals surface area contributed by atoms with E-state index in [0.717, 1.165) is 13.2 Å². The summed E-state index contributed by atoms with van der Waals surface area (Å²) >= 11 is 0. The topological polar surface area (TPSA) is 102 Å². The van der Waals surface area contributed by atoms with E-state index in [-0.39, 0.29) is 12.0 Å². The first-order valence-electron chi connectivity index (χ1n) is 7.20. The molecular formula is C16H24O7. The fourth-order valence-electron chi connectivity index (χ4n) is 1.81. The Morgan fingerprint density at radius 3 is 2.30 bits per heavy atom. The molecule has 130 valence electrons. The first kappa shape index (κ1) is 21.0. The Balaban J connectivity index is 0.000000841. The number of aliphatic hydroxyl groups excluding tert-OH is 2. The molecule has 0 aliphatic heterocycles. The molecule has 2 atom stereocenters. The Bertz CT molecular complexity index is 459. The van der Waals surface area contributed by atoms with Crippen LogP contribution in [0.3, 0.4) is 0 Å². The molecule has 2 unspecified atom stereocenters. The molecule has 0 aromatic heterocycles. The number of methoxy groups -OCH3 is 1. The lowest BCUT2D eigenvalue weighted by molar-refractivity contribution is -0.157. The summed E-state index contributed by atoms with van der Waals surface area (Å²) in [6, 6.07) is 6.30. The fourth-order valence-corrected chi connectivity index (χ4v) is 1.81. The van der Waals surface area contributed by atoms with E-state index in [9.17, 15) is 19.8 Å². The molecule has 7 heteroatoms. The van der Waals surface area contributed by atoms with Crippen LogP contribution in [0.25, 0.3) is 0 Å². The first-order valence-corrected chi connectivity index (χ1v) is 7.20. The number of carbonyl (C=O) groups is 2. The zero-order chi connectivity index (χ0) is 17.7. The molecule has 0 fully saturated rings. The minimum absolute atomic E-state index is 0.0775. The predicted molar refractivity (Wildman–Crippen MR) is 82.9 cm³/mol. The molecule has 0 amide bonds. The predicted octanol–water partition coefficient (Wildman–Crippen LogP) is 1.08. The maximum atomic E-state index is 11.5. The van der Waals surface area contributed by atoms with Gasteiger partial charge in [-0.25, -0.2) is 4.79 Å². The van der Waals surface area contributed by atoms with Crippen molar-refractivity contribution in [1.29, 1.82) is 0 Å². The van der Waals surface area contributed by atoms with Gasteiger partial charge in [0.1, 0.15) is 0 Å². The summed E-state index contributed by atoms with van der Waals surface area (Å²) in [4.78, 5) is 21.7. The van der Waals surface area contributed by atoms with E-state index < -0.39 is 24.8 Å². The Kier molecular flexibility index (Phi) is 11.5. The summed E-state index contributed by atoms with van der Waals surface area (Å²) in [5, 5.41) is 18.8. The molecule has 0 saturated carbocycles. The van der Waals surface area contributed by atoms with Crippen molar-refractivity contribution < 1.29 is 34.0 Å². The normalized spacial score (nSPS) is 12.4. The van der Waals surface area contributed by atoms with Crippen molar-refractivity contribution >= 4 is 12.4 Å². The standard InChI is InChI=1S/C12H14O6.C4H10O/c1-17-11(15)9-5-3-2-4-8(9)10(6-13)12(16)18-7-14;1-3-5-4-2/h2-5,7,10,12-13,16H,6H2,1H3;3-4H2,1-2H3. The van der Waals surface area contributed by atoms with E-state index in [2.05, 4.69) is 9.47 Å². The molecule has 7 nitrogen and oxygen atoms in total. The number of carbonyl (C=O) groups excluding carboxylic acids is 2. The largest absolute Gasteiger partial charge is 0.465 e. The number of benzene rings is 1. The number of rotatable bonds is 8. The van der Waals surface area contributed by atoms with Crippen LogP contribution in [0, 0.1) is 0 Å². The van der Waals surface area contributed by atoms with Crippen molar-refractivity contribution in [2.45, 2.75) is 26.1 Å². The van der Waals surface area contributed by atoms with Gasteiger partial charge < -0.3 is 24.4 Å². The highest BCUT2D eigenvalue weighted by Gasteiger charge is 2.26. The molecule has 0 aliphatic rings. The molecule has 0 saturated heterocycles. The second kappa shape index (κ2) is 12.6. The second-order valence-electron chi connectivity index (χ2n) is 4.27. The maximum absolute atomic E-state index is 11.5. The second-order valence-corrected chi connectivity index (χ2v) is 4.27. The van der Waals surface area contributed by atoms with Crippen LogP contribution in [0.15, 0.2) is 24.3 Å². The van der Waals surface area contributed by atoms with Gasteiger partial charge in [0.2, 0.25) is 6.29 Å². The van der Waals surface area contributed by atoms with Crippen LogP contribution in [0.5, 0.6) is 0 Å². The number of ether oxygens (including phenoxy) is 3. The molecule has 0 radical (unpaired) electrons. The molecule has 1 aromatic rings. The summed E-state index contributed by atoms with van der Waals surface area (Å²) < 4.78 is 13.8. The first-order chi connectivity index (χ1) is 11.1. The van der Waals surface area contributed by atoms with Crippen molar-refractivity contribution in [1.82, 2.24) is 0 Å². The minimum Gasteiger partial charge on any atom is -0.465 e. The van der Waals surface area contributed by atoms with E-state index in [4.69, 9.17) is 4.74 Å². The van der Waals surface area contributed by atoms with Gasteiger partial charge in [-0.15, -0.1) is 0 Å². The maximum Gasteiger partial charge on any atom is 0.338 e. The molecule has 1 rings (SSSR count). The Hall–Kier alpha value is -1.96. The Labute approximate surface area is 135 Å². The lowest BCUT2D eigenvalue weighted by Crippen LogP contribution is -2.26. The van der Waals surface area contributed by atoms with Gasteiger partial charge in [-0.1, -0.05) is 18.2 Å². The number of hydrogen-bond donors (Lipinski definition) is 2. The SMILES string of the molecule is CCOCC.COC(=O)c1ccccc1C(CO)C(O)OC=O. The number of esters is 1. The zero-order valence-electron chi connectivity index (χ0n) is 13.6. The van der Waals surface area contributed by atoms with Crippen LogP contribution in [-0.4, -0.2) is 55.9 Å². The van der Waals surface area contributed by atoms with Crippen LogP contribution in [0.2, 0.25) is 0 Å². The van der Waals surface area contributed by atoms with Gasteiger partial charge in [-0.2, -0.15) is 0 Å². The van der Waals surface area contributed by atoms with Crippen LogP contribution < -0.4 is 0 Å². The summed E-state index contributed by atoms with van der Waals surface area (Å²) in [6.07, 6.45) is -1.53. The van der Waals surface area contributed by atoms with Gasteiger partial charge in [0.15, 0.2) is 0 Å². The third-order valence-electron chi connectivity index (χ3n) is 2.91. The van der Waals surface area contributed by atoms with Crippen molar-refractivity contribution in [3.63, 3.8) is 0 Å². The molecule has 0 aliphatic carbocycles. The van der Waals surface area contributed by atoms with Gasteiger partial charge in [0, 0.05) is 13.2 Å². The third kappa shape index (κ3) is 7.23. The van der Waals surface area contributed by atoms with Gasteiger partial charge in [0.05, 0.1) is 25.2 Å². The van der Waals surface area contributed by atoms with Crippen molar-refractivity contribution in [2.24, 2.45) is 0 Å². The Morgan fingerprint density at radius 2 is 1.87 bits per heavy atom. The third-order valence-corrected chi connectivity index (χ3v) is 2.91. The van der Waals surface area contributed by atoms with E-state index in [1.165, 1.54) is 13.2 Å². The molecule has 0 heterocycles. The monoisotopic (exact) mass is 328 g/mol. The minimum atomic E-state index is -1.53. The van der Waals surface area contributed by atoms with Gasteiger partial charge >= 0.3 is 5.97 Å². The van der Waals surface area contributed by atoms with E-state index >= 15 is 0 Å². The number of hydrogen-bond acceptors (Lipinski definition) is 7. The van der Waals surface area contributed by atoms with Gasteiger partial charge in [-0.05, 0) is 25.5 Å². The summed E-state index contributed by atoms with van der Waals surface area (Å²) in [5.74, 6) is -1.51. The highest BCUT2D eigenvalue weighted by atomic mass is 16.6. The molecule has 2 N–H and O–H groups in total. The lowest BCUT2D eigenvalue weighted by Gasteiger charge is -2.21. The van der Waals surface area contributed by atoms with Gasteiger partial charge in [-0.3, -0.25) is 4.79 Å². The van der Waals surface area contributed by atoms with Gasteiger partial charge in [0.25, 0.3) is 6.47 Å². The average molecular weight is 328 g/mol. The highest BCUT2D eigenvalue weighted by Crippen LogP contribution is 2.24. The smallest absolute Gasteiger partial charge is 0.338 e. The van der Waals surface area contributed by atoms with E-state index in [1.807, 2.05) is 13.8 Å². The summed E-state index contributed by atoms with van der Waals surface area (Å²) in [6.45, 7) is 5.26. The van der Waals surface area contributed by atoms with E-state index in [0.29, 0.717) is 5.56 Å². The van der Waals surface area contributed by atoms with Crippen molar-refractivity contribution in [3.05, 3.63) is 35.4 Å². The lowest BCUT2D eigenvalue weighted by atomic mass is 9.94. The van der Waals surface area contributed by atoms with Crippen molar-refractivity contribution in [2.75, 3.05) is 26.9 Å². The Morgan fingerprint density at radius 1 is 1.26 bits per heavy atom. The number of aliphatic hydroxyl groups is 2. The highest BCUT2D eigenvalue weighted by molar-refractivity contribution is 5.91. The zero-order valence-corrected chi connectivity index (χ0v) is 13.6. The molecular weight excluding hydrogens is 304 g/mol. The van der Waals surface area contributed by atoms with E-state index in [1.54, 1.807) is 18.2 Å². The summed E-state index contributed by atoms with van der Waals surface area (Å²) in [5.41, 5.74) is 0.550. The molecule has 0 spiro atoms. The molecule has 23 heavy (non-hydrogen) atoms. The van der Waals surface area contributed by atoms with Crippen molar-refractivity contribution in [3.8, 4) is 0 Å². The van der Waals surface area contributed by atoms with Crippen LogP contribution in [0.4, 0.5) is 0 Å². The fraction of sp³-hybridized carbons (Fsp3) is 0.500. The summed E-state index contributed by atoms with van der Waals surface area (Å²) in [7, 11) is 1.23. The quantitative estimate of drug-likeness (QED) is 0.418. The average Bonchev–Trinajstić information content (AvgIpc) is 2.57. The van der Waals surface area contributed by atoms with Crippen LogP contribution in [0.1, 0.15) is 35.7 Å².